The van der Waals surface area contributed by atoms with Crippen LogP contribution in [0.25, 0.3) is 0 Å². The van der Waals surface area contributed by atoms with E-state index in [2.05, 4.69) is 27.4 Å². The largest absolute Gasteiger partial charge is 0.481 e. The van der Waals surface area contributed by atoms with Crippen LogP contribution in [0.1, 0.15) is 23.7 Å². The molecule has 5 heteroatoms. The maximum atomic E-state index is 5.61. The van der Waals surface area contributed by atoms with E-state index in [9.17, 15) is 0 Å². The third-order valence-electron chi connectivity index (χ3n) is 3.64. The third kappa shape index (κ3) is 3.88. The van der Waals surface area contributed by atoms with Gasteiger partial charge in [0.15, 0.2) is 0 Å². The standard InChI is InChI=1S/C18H19N3O2/c1-22-17-10-12-20-18(21-17)19-11-9-15(16-8-5-13-23-16)14-6-3-2-4-7-14/h2-8,10,12-13,15H,9,11H2,1H3,(H,19,20,21). The number of furan rings is 1. The van der Waals surface area contributed by atoms with Gasteiger partial charge in [0.1, 0.15) is 5.76 Å². The van der Waals surface area contributed by atoms with Gasteiger partial charge in [-0.25, -0.2) is 4.98 Å². The number of nitrogens with zero attached hydrogens (tertiary/aromatic N) is 2. The molecule has 2 aromatic heterocycles. The maximum absolute atomic E-state index is 5.61. The first-order chi connectivity index (χ1) is 11.4. The molecule has 0 aliphatic rings. The highest BCUT2D eigenvalue weighted by Crippen LogP contribution is 2.28. The molecular formula is C18H19N3O2. The fourth-order valence-electron chi connectivity index (χ4n) is 2.52. The van der Waals surface area contributed by atoms with Crippen LogP contribution < -0.4 is 10.1 Å². The lowest BCUT2D eigenvalue weighted by molar-refractivity contribution is 0.397. The Morgan fingerprint density at radius 3 is 2.74 bits per heavy atom. The van der Waals surface area contributed by atoms with Gasteiger partial charge < -0.3 is 14.5 Å². The molecule has 3 aromatic rings. The van der Waals surface area contributed by atoms with Gasteiger partial charge in [-0.3, -0.25) is 0 Å². The molecule has 1 aromatic carbocycles. The van der Waals surface area contributed by atoms with E-state index in [1.807, 2.05) is 30.3 Å². The van der Waals surface area contributed by atoms with Crippen molar-refractivity contribution in [2.75, 3.05) is 19.0 Å². The molecule has 0 bridgehead atoms. The lowest BCUT2D eigenvalue weighted by Crippen LogP contribution is -2.11. The van der Waals surface area contributed by atoms with E-state index < -0.39 is 0 Å². The van der Waals surface area contributed by atoms with Crippen LogP contribution in [0.3, 0.4) is 0 Å². The number of benzene rings is 1. The molecule has 0 saturated heterocycles. The highest BCUT2D eigenvalue weighted by Gasteiger charge is 2.16. The number of aromatic nitrogens is 2. The lowest BCUT2D eigenvalue weighted by Gasteiger charge is -2.15. The summed E-state index contributed by atoms with van der Waals surface area (Å²) < 4.78 is 10.7. The quantitative estimate of drug-likeness (QED) is 0.721. The molecule has 0 radical (unpaired) electrons. The summed E-state index contributed by atoms with van der Waals surface area (Å²) in [4.78, 5) is 8.45. The zero-order valence-corrected chi connectivity index (χ0v) is 13.0. The Labute approximate surface area is 135 Å². The normalized spacial score (nSPS) is 11.9. The molecule has 0 saturated carbocycles. The Morgan fingerprint density at radius 2 is 2.00 bits per heavy atom. The van der Waals surface area contributed by atoms with Gasteiger partial charge in [-0.2, -0.15) is 4.98 Å². The molecule has 5 nitrogen and oxygen atoms in total. The second kappa shape index (κ2) is 7.45. The van der Waals surface area contributed by atoms with Gasteiger partial charge >= 0.3 is 0 Å². The second-order valence-electron chi connectivity index (χ2n) is 5.12. The first-order valence-electron chi connectivity index (χ1n) is 7.56. The molecule has 0 spiro atoms. The monoisotopic (exact) mass is 309 g/mol. The van der Waals surface area contributed by atoms with Gasteiger partial charge in [0.2, 0.25) is 11.8 Å². The Kier molecular flexibility index (Phi) is 4.88. The Hall–Kier alpha value is -2.82. The first-order valence-corrected chi connectivity index (χ1v) is 7.56. The van der Waals surface area contributed by atoms with Crippen LogP contribution in [0.15, 0.2) is 65.4 Å². The van der Waals surface area contributed by atoms with Crippen LogP contribution >= 0.6 is 0 Å². The van der Waals surface area contributed by atoms with Crippen LogP contribution in [0.5, 0.6) is 5.88 Å². The number of hydrogen-bond acceptors (Lipinski definition) is 5. The molecule has 1 atom stereocenters. The minimum atomic E-state index is 0.198. The Balaban J connectivity index is 1.67. The second-order valence-corrected chi connectivity index (χ2v) is 5.12. The molecule has 2 heterocycles. The van der Waals surface area contributed by atoms with Crippen molar-refractivity contribution in [1.82, 2.24) is 9.97 Å². The Morgan fingerprint density at radius 1 is 1.13 bits per heavy atom. The van der Waals surface area contributed by atoms with E-state index in [0.717, 1.165) is 18.7 Å². The highest BCUT2D eigenvalue weighted by molar-refractivity contribution is 5.30. The highest BCUT2D eigenvalue weighted by atomic mass is 16.5. The molecule has 0 aliphatic heterocycles. The topological polar surface area (TPSA) is 60.2 Å². The summed E-state index contributed by atoms with van der Waals surface area (Å²) in [7, 11) is 1.59. The van der Waals surface area contributed by atoms with Crippen LogP contribution in [-0.4, -0.2) is 23.6 Å². The maximum Gasteiger partial charge on any atom is 0.225 e. The molecular weight excluding hydrogens is 290 g/mol. The summed E-state index contributed by atoms with van der Waals surface area (Å²) in [5.74, 6) is 2.28. The minimum Gasteiger partial charge on any atom is -0.481 e. The number of rotatable bonds is 7. The number of ether oxygens (including phenoxy) is 1. The number of nitrogens with one attached hydrogen (secondary N) is 1. The van der Waals surface area contributed by atoms with Crippen molar-refractivity contribution in [3.63, 3.8) is 0 Å². The van der Waals surface area contributed by atoms with E-state index in [1.165, 1.54) is 5.56 Å². The molecule has 1 N–H and O–H groups in total. The molecule has 0 fully saturated rings. The van der Waals surface area contributed by atoms with Gasteiger partial charge in [0.25, 0.3) is 0 Å². The van der Waals surface area contributed by atoms with Gasteiger partial charge in [-0.15, -0.1) is 0 Å². The molecule has 23 heavy (non-hydrogen) atoms. The van der Waals surface area contributed by atoms with Gasteiger partial charge in [0, 0.05) is 24.7 Å². The predicted octanol–water partition coefficient (Wildman–Crippen LogP) is 3.71. The molecule has 1 unspecified atom stereocenters. The summed E-state index contributed by atoms with van der Waals surface area (Å²) in [6, 6.07) is 16.0. The molecule has 0 amide bonds. The van der Waals surface area contributed by atoms with Crippen molar-refractivity contribution < 1.29 is 9.15 Å². The zero-order chi connectivity index (χ0) is 15.9. The van der Waals surface area contributed by atoms with Crippen molar-refractivity contribution in [3.05, 3.63) is 72.3 Å². The molecule has 0 aliphatic carbocycles. The zero-order valence-electron chi connectivity index (χ0n) is 13.0. The lowest BCUT2D eigenvalue weighted by atomic mass is 9.93. The fraction of sp³-hybridized carbons (Fsp3) is 0.222. The molecule has 3 rings (SSSR count). The average molecular weight is 309 g/mol. The summed E-state index contributed by atoms with van der Waals surface area (Å²) >= 11 is 0. The van der Waals surface area contributed by atoms with Gasteiger partial charge in [-0.1, -0.05) is 30.3 Å². The van der Waals surface area contributed by atoms with E-state index in [0.29, 0.717) is 11.8 Å². The molecule has 118 valence electrons. The van der Waals surface area contributed by atoms with Crippen LogP contribution in [0.2, 0.25) is 0 Å². The van der Waals surface area contributed by atoms with E-state index in [-0.39, 0.29) is 5.92 Å². The average Bonchev–Trinajstić information content (AvgIpc) is 3.14. The Bertz CT molecular complexity index is 714. The first kappa shape index (κ1) is 15.1. The van der Waals surface area contributed by atoms with E-state index in [4.69, 9.17) is 9.15 Å². The predicted molar refractivity (Wildman–Crippen MR) is 88.7 cm³/mol. The van der Waals surface area contributed by atoms with E-state index in [1.54, 1.807) is 25.6 Å². The summed E-state index contributed by atoms with van der Waals surface area (Å²) in [6.07, 6.45) is 4.26. The SMILES string of the molecule is COc1ccnc(NCCC(c2ccccc2)c2ccco2)n1. The fourth-order valence-corrected chi connectivity index (χ4v) is 2.52. The third-order valence-corrected chi connectivity index (χ3v) is 3.64. The van der Waals surface area contributed by atoms with E-state index >= 15 is 0 Å². The minimum absolute atomic E-state index is 0.198. The number of hydrogen-bond donors (Lipinski definition) is 1. The van der Waals surface area contributed by atoms with Crippen molar-refractivity contribution in [1.29, 1.82) is 0 Å². The van der Waals surface area contributed by atoms with Crippen LogP contribution in [-0.2, 0) is 0 Å². The number of methoxy groups -OCH3 is 1. The van der Waals surface area contributed by atoms with Crippen molar-refractivity contribution >= 4 is 5.95 Å². The smallest absolute Gasteiger partial charge is 0.225 e. The van der Waals surface area contributed by atoms with Crippen molar-refractivity contribution in [2.45, 2.75) is 12.3 Å². The van der Waals surface area contributed by atoms with Gasteiger partial charge in [0.05, 0.1) is 13.4 Å². The summed E-state index contributed by atoms with van der Waals surface area (Å²) in [6.45, 7) is 0.730. The van der Waals surface area contributed by atoms with Crippen molar-refractivity contribution in [2.24, 2.45) is 0 Å². The number of anilines is 1. The van der Waals surface area contributed by atoms with Gasteiger partial charge in [-0.05, 0) is 24.1 Å². The summed E-state index contributed by atoms with van der Waals surface area (Å²) in [5, 5.41) is 3.24. The summed E-state index contributed by atoms with van der Waals surface area (Å²) in [5.41, 5.74) is 1.23. The van der Waals surface area contributed by atoms with Crippen LogP contribution in [0, 0.1) is 0 Å². The van der Waals surface area contributed by atoms with Crippen LogP contribution in [0.4, 0.5) is 5.95 Å². The van der Waals surface area contributed by atoms with Crippen molar-refractivity contribution in [3.8, 4) is 5.88 Å².